The summed E-state index contributed by atoms with van der Waals surface area (Å²) in [6.07, 6.45) is 2.30. The van der Waals surface area contributed by atoms with Gasteiger partial charge in [-0.2, -0.15) is 0 Å². The number of benzene rings is 1. The average molecular weight is 445 g/mol. The van der Waals surface area contributed by atoms with Gasteiger partial charge in [-0.15, -0.1) is 11.3 Å². The van der Waals surface area contributed by atoms with Crippen molar-refractivity contribution in [1.82, 2.24) is 0 Å². The number of nitrogens with one attached hydrogen (secondary N) is 1. The molecule has 7 heteroatoms. The molecule has 3 rings (SSSR count). The summed E-state index contributed by atoms with van der Waals surface area (Å²) in [7, 11) is 0. The molecule has 1 aromatic carbocycles. The third kappa shape index (κ3) is 4.20. The first-order chi connectivity index (χ1) is 14.3. The van der Waals surface area contributed by atoms with E-state index >= 15 is 0 Å². The average Bonchev–Trinajstić information content (AvgIpc) is 2.97. The van der Waals surface area contributed by atoms with Crippen LogP contribution < -0.4 is 5.32 Å². The molecule has 31 heavy (non-hydrogen) atoms. The number of anilines is 2. The quantitative estimate of drug-likeness (QED) is 0.368. The fourth-order valence-electron chi connectivity index (χ4n) is 5.08. The molecule has 1 heterocycles. The molecule has 0 amide bonds. The van der Waals surface area contributed by atoms with Gasteiger partial charge in [-0.1, -0.05) is 41.5 Å². The molecule has 1 aliphatic rings. The van der Waals surface area contributed by atoms with E-state index in [9.17, 15) is 20.0 Å². The molecular weight excluding hydrogens is 412 g/mol. The van der Waals surface area contributed by atoms with Gasteiger partial charge in [-0.05, 0) is 60.3 Å². The number of hydrogen-bond donors (Lipinski definition) is 2. The SMILES string of the molecule is Cc1c(Nc2ccc(C(=O)O)c([N+](=O)[O-])c2)sc2c1C(C)(C)CC(CC(C)C)C2(C)C. The second-order valence-electron chi connectivity index (χ2n) is 10.3. The topological polar surface area (TPSA) is 92.5 Å². The summed E-state index contributed by atoms with van der Waals surface area (Å²) in [5, 5.41) is 24.9. The van der Waals surface area contributed by atoms with Crippen molar-refractivity contribution < 1.29 is 14.8 Å². The highest BCUT2D eigenvalue weighted by Gasteiger charge is 2.46. The summed E-state index contributed by atoms with van der Waals surface area (Å²) >= 11 is 1.72. The van der Waals surface area contributed by atoms with Crippen LogP contribution in [-0.4, -0.2) is 16.0 Å². The van der Waals surface area contributed by atoms with Gasteiger partial charge < -0.3 is 10.4 Å². The maximum Gasteiger partial charge on any atom is 0.342 e. The summed E-state index contributed by atoms with van der Waals surface area (Å²) in [5.74, 6) is -0.0915. The number of hydrogen-bond acceptors (Lipinski definition) is 5. The highest BCUT2D eigenvalue weighted by Crippen LogP contribution is 2.56. The third-order valence-electron chi connectivity index (χ3n) is 6.62. The lowest BCUT2D eigenvalue weighted by atomic mass is 9.58. The van der Waals surface area contributed by atoms with E-state index in [0.717, 1.165) is 11.4 Å². The number of carboxylic acids is 1. The molecule has 1 aliphatic carbocycles. The van der Waals surface area contributed by atoms with Gasteiger partial charge in [0.15, 0.2) is 0 Å². The zero-order chi connectivity index (χ0) is 23.3. The third-order valence-corrected chi connectivity index (χ3v) is 8.17. The minimum Gasteiger partial charge on any atom is -0.477 e. The minimum absolute atomic E-state index is 0.0453. The van der Waals surface area contributed by atoms with Crippen LogP contribution in [0.1, 0.15) is 80.7 Å². The van der Waals surface area contributed by atoms with Crippen LogP contribution in [-0.2, 0) is 10.8 Å². The molecule has 0 fully saturated rings. The van der Waals surface area contributed by atoms with Gasteiger partial charge in [0, 0.05) is 22.0 Å². The van der Waals surface area contributed by atoms with Crippen LogP contribution in [0.25, 0.3) is 0 Å². The van der Waals surface area contributed by atoms with E-state index < -0.39 is 16.6 Å². The number of rotatable bonds is 6. The molecular formula is C24H32N2O4S. The predicted octanol–water partition coefficient (Wildman–Crippen LogP) is 7.03. The van der Waals surface area contributed by atoms with Crippen LogP contribution in [0.3, 0.4) is 0 Å². The summed E-state index contributed by atoms with van der Waals surface area (Å²) in [6, 6.07) is 4.18. The summed E-state index contributed by atoms with van der Waals surface area (Å²) in [6.45, 7) is 16.0. The maximum absolute atomic E-state index is 11.4. The Morgan fingerprint density at radius 1 is 1.32 bits per heavy atom. The number of nitro benzene ring substituents is 1. The van der Waals surface area contributed by atoms with Crippen molar-refractivity contribution in [3.8, 4) is 0 Å². The summed E-state index contributed by atoms with van der Waals surface area (Å²) in [5.41, 5.74) is 2.44. The van der Waals surface area contributed by atoms with Crippen LogP contribution in [0.15, 0.2) is 18.2 Å². The van der Waals surface area contributed by atoms with Gasteiger partial charge in [-0.25, -0.2) is 4.79 Å². The number of carbonyl (C=O) groups is 1. The molecule has 6 nitrogen and oxygen atoms in total. The zero-order valence-electron chi connectivity index (χ0n) is 19.3. The molecule has 0 saturated heterocycles. The second-order valence-corrected chi connectivity index (χ2v) is 11.3. The molecule has 2 aromatic rings. The van der Waals surface area contributed by atoms with Crippen molar-refractivity contribution in [3.05, 3.63) is 49.9 Å². The van der Waals surface area contributed by atoms with Crippen molar-refractivity contribution in [2.45, 2.75) is 72.1 Å². The lowest BCUT2D eigenvalue weighted by Crippen LogP contribution is -2.41. The molecule has 1 atom stereocenters. The van der Waals surface area contributed by atoms with E-state index in [-0.39, 0.29) is 16.4 Å². The molecule has 1 aromatic heterocycles. The summed E-state index contributed by atoms with van der Waals surface area (Å²) in [4.78, 5) is 23.4. The van der Waals surface area contributed by atoms with Gasteiger partial charge in [0.1, 0.15) is 5.56 Å². The number of carboxylic acid groups (broad SMARTS) is 1. The van der Waals surface area contributed by atoms with Gasteiger partial charge >= 0.3 is 5.97 Å². The molecule has 0 spiro atoms. The van der Waals surface area contributed by atoms with E-state index in [0.29, 0.717) is 17.5 Å². The fourth-order valence-corrected chi connectivity index (χ4v) is 6.67. The highest BCUT2D eigenvalue weighted by atomic mass is 32.1. The smallest absolute Gasteiger partial charge is 0.342 e. The van der Waals surface area contributed by atoms with Crippen LogP contribution in [0.4, 0.5) is 16.4 Å². The van der Waals surface area contributed by atoms with Crippen molar-refractivity contribution in [1.29, 1.82) is 0 Å². The Labute approximate surface area is 187 Å². The standard InChI is InChI=1S/C24H32N2O4S/c1-13(2)10-15-12-23(4,5)19-14(3)21(31-20(19)24(15,6)7)25-16-8-9-17(22(27)28)18(11-16)26(29)30/h8-9,11,13,15,25H,10,12H2,1-7H3,(H,27,28). The first kappa shape index (κ1) is 23.3. The first-order valence-corrected chi connectivity index (χ1v) is 11.5. The molecule has 0 aliphatic heterocycles. The Kier molecular flexibility index (Phi) is 5.95. The Bertz CT molecular complexity index is 1040. The maximum atomic E-state index is 11.4. The van der Waals surface area contributed by atoms with Crippen LogP contribution in [0, 0.1) is 28.9 Å². The largest absolute Gasteiger partial charge is 0.477 e. The number of fused-ring (bicyclic) bond motifs is 1. The predicted molar refractivity (Wildman–Crippen MR) is 126 cm³/mol. The van der Waals surface area contributed by atoms with E-state index in [1.54, 1.807) is 17.4 Å². The van der Waals surface area contributed by atoms with Crippen molar-refractivity contribution in [3.63, 3.8) is 0 Å². The van der Waals surface area contributed by atoms with Crippen molar-refractivity contribution >= 4 is 33.7 Å². The summed E-state index contributed by atoms with van der Waals surface area (Å²) < 4.78 is 0. The molecule has 0 radical (unpaired) electrons. The molecule has 2 N–H and O–H groups in total. The van der Waals surface area contributed by atoms with Crippen LogP contribution >= 0.6 is 11.3 Å². The number of nitrogens with zero attached hydrogens (tertiary/aromatic N) is 1. The Balaban J connectivity index is 2.05. The lowest BCUT2D eigenvalue weighted by Gasteiger charge is -2.47. The normalized spacial score (nSPS) is 19.2. The van der Waals surface area contributed by atoms with Gasteiger partial charge in [0.05, 0.1) is 9.92 Å². The Morgan fingerprint density at radius 2 is 1.97 bits per heavy atom. The van der Waals surface area contributed by atoms with E-state index in [1.807, 2.05) is 0 Å². The lowest BCUT2D eigenvalue weighted by molar-refractivity contribution is -0.385. The Morgan fingerprint density at radius 3 is 2.52 bits per heavy atom. The van der Waals surface area contributed by atoms with Crippen LogP contribution in [0.2, 0.25) is 0 Å². The van der Waals surface area contributed by atoms with E-state index in [4.69, 9.17) is 0 Å². The van der Waals surface area contributed by atoms with Crippen LogP contribution in [0.5, 0.6) is 0 Å². The number of nitro groups is 1. The molecule has 0 saturated carbocycles. The van der Waals surface area contributed by atoms with Crippen molar-refractivity contribution in [2.75, 3.05) is 5.32 Å². The molecule has 0 bridgehead atoms. The number of aromatic carboxylic acids is 1. The van der Waals surface area contributed by atoms with Gasteiger partial charge in [0.25, 0.3) is 5.69 Å². The number of thiophene rings is 1. The fraction of sp³-hybridized carbons (Fsp3) is 0.542. The van der Waals surface area contributed by atoms with Gasteiger partial charge in [-0.3, -0.25) is 10.1 Å². The molecule has 168 valence electrons. The first-order valence-electron chi connectivity index (χ1n) is 10.7. The zero-order valence-corrected chi connectivity index (χ0v) is 20.1. The Hall–Kier alpha value is -2.41. The van der Waals surface area contributed by atoms with Crippen molar-refractivity contribution in [2.24, 2.45) is 11.8 Å². The minimum atomic E-state index is -1.30. The highest BCUT2D eigenvalue weighted by molar-refractivity contribution is 7.16. The monoisotopic (exact) mass is 444 g/mol. The molecule has 1 unspecified atom stereocenters. The van der Waals surface area contributed by atoms with E-state index in [1.165, 1.54) is 34.6 Å². The van der Waals surface area contributed by atoms with E-state index in [2.05, 4.69) is 53.8 Å². The van der Waals surface area contributed by atoms with Gasteiger partial charge in [0.2, 0.25) is 0 Å². The second kappa shape index (κ2) is 7.93.